The van der Waals surface area contributed by atoms with E-state index in [1.165, 1.54) is 16.9 Å². The summed E-state index contributed by atoms with van der Waals surface area (Å²) in [5, 5.41) is 3.52. The van der Waals surface area contributed by atoms with Gasteiger partial charge in [-0.05, 0) is 11.1 Å². The van der Waals surface area contributed by atoms with Crippen LogP contribution >= 0.6 is 35.7 Å². The van der Waals surface area contributed by atoms with Gasteiger partial charge in [0, 0.05) is 25.1 Å². The van der Waals surface area contributed by atoms with Crippen molar-refractivity contribution in [3.05, 3.63) is 47.5 Å². The molecule has 2 heterocycles. The molecule has 0 aliphatic carbocycles. The van der Waals surface area contributed by atoms with Crippen molar-refractivity contribution in [2.75, 3.05) is 31.6 Å². The number of rotatable bonds is 3. The fraction of sp³-hybridized carbons (Fsp3) is 0.400. The quantitative estimate of drug-likeness (QED) is 0.624. The molecule has 108 valence electrons. The van der Waals surface area contributed by atoms with Crippen LogP contribution in [0.1, 0.15) is 11.6 Å². The number of thioether (sulfide) groups is 1. The Morgan fingerprint density at radius 1 is 1.35 bits per heavy atom. The SMILES string of the molecule is CN(CC1=CCSC1)C1=NCC(c2ccccc2)N1.I. The van der Waals surface area contributed by atoms with Crippen molar-refractivity contribution in [2.24, 2.45) is 4.99 Å². The number of guanidine groups is 1. The molecule has 20 heavy (non-hydrogen) atoms. The van der Waals surface area contributed by atoms with Crippen molar-refractivity contribution >= 4 is 41.7 Å². The fourth-order valence-corrected chi connectivity index (χ4v) is 3.39. The molecule has 5 heteroatoms. The molecule has 3 nitrogen and oxygen atoms in total. The Morgan fingerprint density at radius 2 is 2.15 bits per heavy atom. The molecule has 0 amide bonds. The standard InChI is InChI=1S/C15H19N3S.HI/c1-18(10-12-7-8-19-11-12)15-16-9-14(17-15)13-5-3-2-4-6-13;/h2-7,14H,8-11H2,1H3,(H,16,17);1H. The summed E-state index contributed by atoms with van der Waals surface area (Å²) in [7, 11) is 2.11. The van der Waals surface area contributed by atoms with E-state index in [9.17, 15) is 0 Å². The van der Waals surface area contributed by atoms with Crippen molar-refractivity contribution in [1.29, 1.82) is 0 Å². The third-order valence-corrected chi connectivity index (χ3v) is 4.49. The minimum absolute atomic E-state index is 0. The Labute approximate surface area is 141 Å². The number of aliphatic imine (C=N–C) groups is 1. The second kappa shape index (κ2) is 7.36. The number of benzene rings is 1. The van der Waals surface area contributed by atoms with E-state index in [1.54, 1.807) is 0 Å². The van der Waals surface area contributed by atoms with Crippen molar-refractivity contribution in [3.8, 4) is 0 Å². The Morgan fingerprint density at radius 3 is 2.85 bits per heavy atom. The van der Waals surface area contributed by atoms with Crippen molar-refractivity contribution < 1.29 is 0 Å². The number of nitrogens with zero attached hydrogens (tertiary/aromatic N) is 2. The minimum Gasteiger partial charge on any atom is -0.348 e. The molecule has 1 N–H and O–H groups in total. The molecule has 1 aromatic carbocycles. The van der Waals surface area contributed by atoms with Gasteiger partial charge in [-0.1, -0.05) is 36.4 Å². The molecule has 0 radical (unpaired) electrons. The summed E-state index contributed by atoms with van der Waals surface area (Å²) in [5.41, 5.74) is 2.82. The maximum atomic E-state index is 4.63. The highest BCUT2D eigenvalue weighted by molar-refractivity contribution is 14.0. The van der Waals surface area contributed by atoms with Crippen molar-refractivity contribution in [3.63, 3.8) is 0 Å². The highest BCUT2D eigenvalue weighted by Gasteiger charge is 2.22. The van der Waals surface area contributed by atoms with Gasteiger partial charge in [-0.15, -0.1) is 24.0 Å². The first kappa shape index (κ1) is 15.7. The van der Waals surface area contributed by atoms with Gasteiger partial charge < -0.3 is 10.2 Å². The molecule has 3 rings (SSSR count). The smallest absolute Gasteiger partial charge is 0.194 e. The normalized spacial score (nSPS) is 20.8. The number of nitrogens with one attached hydrogen (secondary N) is 1. The maximum absolute atomic E-state index is 4.63. The van der Waals surface area contributed by atoms with Crippen LogP contribution in [-0.4, -0.2) is 42.5 Å². The minimum atomic E-state index is 0. The molecule has 0 saturated carbocycles. The lowest BCUT2D eigenvalue weighted by Gasteiger charge is -2.21. The van der Waals surface area contributed by atoms with Gasteiger partial charge in [0.25, 0.3) is 0 Å². The van der Waals surface area contributed by atoms with Gasteiger partial charge in [-0.2, -0.15) is 11.8 Å². The van der Waals surface area contributed by atoms with Gasteiger partial charge in [-0.25, -0.2) is 0 Å². The summed E-state index contributed by atoms with van der Waals surface area (Å²) in [6, 6.07) is 10.9. The van der Waals surface area contributed by atoms with Crippen LogP contribution in [0.25, 0.3) is 0 Å². The van der Waals surface area contributed by atoms with Gasteiger partial charge in [0.1, 0.15) is 0 Å². The summed E-state index contributed by atoms with van der Waals surface area (Å²) < 4.78 is 0. The zero-order valence-corrected chi connectivity index (χ0v) is 14.7. The van der Waals surface area contributed by atoms with E-state index in [-0.39, 0.29) is 24.0 Å². The molecule has 1 aromatic rings. The molecule has 0 bridgehead atoms. The van der Waals surface area contributed by atoms with E-state index in [0.29, 0.717) is 6.04 Å². The van der Waals surface area contributed by atoms with Crippen molar-refractivity contribution in [1.82, 2.24) is 10.2 Å². The van der Waals surface area contributed by atoms with Crippen molar-refractivity contribution in [2.45, 2.75) is 6.04 Å². The van der Waals surface area contributed by atoms with E-state index in [2.05, 4.69) is 58.7 Å². The molecule has 1 unspecified atom stereocenters. The van der Waals surface area contributed by atoms with E-state index in [0.717, 1.165) is 24.8 Å². The van der Waals surface area contributed by atoms with E-state index < -0.39 is 0 Å². The molecule has 0 spiro atoms. The molecular weight excluding hydrogens is 381 g/mol. The highest BCUT2D eigenvalue weighted by Crippen LogP contribution is 2.20. The Kier molecular flexibility index (Phi) is 5.77. The second-order valence-corrected chi connectivity index (χ2v) is 6.04. The first-order chi connectivity index (χ1) is 9.33. The molecule has 1 atom stereocenters. The van der Waals surface area contributed by atoms with E-state index in [1.807, 2.05) is 11.8 Å². The number of likely N-dealkylation sites (N-methyl/N-ethyl adjacent to an activating group) is 1. The van der Waals surface area contributed by atoms with Crippen LogP contribution in [0.4, 0.5) is 0 Å². The second-order valence-electron chi connectivity index (χ2n) is 5.01. The number of hydrogen-bond donors (Lipinski definition) is 1. The average Bonchev–Trinajstić information content (AvgIpc) is 3.10. The molecular formula is C15H20IN3S. The Bertz CT molecular complexity index is 501. The zero-order valence-electron chi connectivity index (χ0n) is 11.6. The predicted molar refractivity (Wildman–Crippen MR) is 98.1 cm³/mol. The summed E-state index contributed by atoms with van der Waals surface area (Å²) in [6.45, 7) is 1.82. The van der Waals surface area contributed by atoms with Gasteiger partial charge in [0.05, 0.1) is 12.6 Å². The van der Waals surface area contributed by atoms with Crippen LogP contribution in [0.5, 0.6) is 0 Å². The molecule has 0 fully saturated rings. The van der Waals surface area contributed by atoms with E-state index >= 15 is 0 Å². The largest absolute Gasteiger partial charge is 0.348 e. The maximum Gasteiger partial charge on any atom is 0.194 e. The molecule has 2 aliphatic rings. The number of hydrogen-bond acceptors (Lipinski definition) is 4. The Balaban J connectivity index is 0.00000147. The zero-order chi connectivity index (χ0) is 13.1. The fourth-order valence-electron chi connectivity index (χ4n) is 2.45. The van der Waals surface area contributed by atoms with Crippen LogP contribution in [0.3, 0.4) is 0 Å². The molecule has 0 saturated heterocycles. The molecule has 2 aliphatic heterocycles. The van der Waals surface area contributed by atoms with Crippen LogP contribution in [0.2, 0.25) is 0 Å². The van der Waals surface area contributed by atoms with Crippen LogP contribution < -0.4 is 5.32 Å². The highest BCUT2D eigenvalue weighted by atomic mass is 127. The summed E-state index contributed by atoms with van der Waals surface area (Å²) in [6.07, 6.45) is 2.34. The summed E-state index contributed by atoms with van der Waals surface area (Å²) >= 11 is 1.98. The summed E-state index contributed by atoms with van der Waals surface area (Å²) in [5.74, 6) is 3.35. The van der Waals surface area contributed by atoms with Gasteiger partial charge in [-0.3, -0.25) is 4.99 Å². The van der Waals surface area contributed by atoms with Crippen LogP contribution in [0, 0.1) is 0 Å². The predicted octanol–water partition coefficient (Wildman–Crippen LogP) is 2.91. The van der Waals surface area contributed by atoms with E-state index in [4.69, 9.17) is 0 Å². The first-order valence-electron chi connectivity index (χ1n) is 6.65. The third kappa shape index (κ3) is 3.69. The summed E-state index contributed by atoms with van der Waals surface area (Å²) in [4.78, 5) is 6.86. The topological polar surface area (TPSA) is 27.6 Å². The molecule has 0 aromatic heterocycles. The monoisotopic (exact) mass is 401 g/mol. The van der Waals surface area contributed by atoms with Crippen LogP contribution in [0.15, 0.2) is 47.0 Å². The lowest BCUT2D eigenvalue weighted by atomic mass is 10.1. The number of halogens is 1. The van der Waals surface area contributed by atoms with Gasteiger partial charge >= 0.3 is 0 Å². The van der Waals surface area contributed by atoms with Crippen LogP contribution in [-0.2, 0) is 0 Å². The third-order valence-electron chi connectivity index (χ3n) is 3.51. The Hall–Kier alpha value is -0.690. The lowest BCUT2D eigenvalue weighted by Crippen LogP contribution is -2.38. The lowest BCUT2D eigenvalue weighted by molar-refractivity contribution is 0.524. The average molecular weight is 401 g/mol. The first-order valence-corrected chi connectivity index (χ1v) is 7.81. The van der Waals surface area contributed by atoms with Gasteiger partial charge in [0.2, 0.25) is 0 Å². The van der Waals surface area contributed by atoms with Gasteiger partial charge in [0.15, 0.2) is 5.96 Å².